The van der Waals surface area contributed by atoms with Crippen LogP contribution in [-0.2, 0) is 4.79 Å². The Kier molecular flexibility index (Phi) is 8.25. The zero-order valence-corrected chi connectivity index (χ0v) is 16.3. The molecule has 0 aromatic heterocycles. The monoisotopic (exact) mass is 397 g/mol. The highest BCUT2D eigenvalue weighted by Crippen LogP contribution is 2.27. The van der Waals surface area contributed by atoms with Crippen LogP contribution in [0.5, 0.6) is 17.2 Å². The molecule has 152 valence electrons. The highest BCUT2D eigenvalue weighted by atomic mass is 16.5. The normalized spacial score (nSPS) is 10.3. The van der Waals surface area contributed by atoms with E-state index in [0.717, 1.165) is 5.56 Å². The van der Waals surface area contributed by atoms with Crippen LogP contribution in [0.4, 0.5) is 0 Å². The lowest BCUT2D eigenvalue weighted by Gasteiger charge is -2.09. The molecule has 2 aromatic carbocycles. The number of hydrazone groups is 1. The number of methoxy groups -OCH3 is 2. The lowest BCUT2D eigenvalue weighted by Crippen LogP contribution is -2.34. The van der Waals surface area contributed by atoms with Crippen molar-refractivity contribution in [3.05, 3.63) is 66.2 Å². The predicted octanol–water partition coefficient (Wildman–Crippen LogP) is 2.15. The van der Waals surface area contributed by atoms with Gasteiger partial charge in [-0.2, -0.15) is 5.10 Å². The molecule has 0 unspecified atom stereocenters. The van der Waals surface area contributed by atoms with E-state index in [0.29, 0.717) is 29.4 Å². The molecule has 0 aliphatic carbocycles. The van der Waals surface area contributed by atoms with Gasteiger partial charge in [0, 0.05) is 5.56 Å². The van der Waals surface area contributed by atoms with E-state index in [1.807, 2.05) is 0 Å². The Bertz CT molecular complexity index is 878. The largest absolute Gasteiger partial charge is 0.493 e. The van der Waals surface area contributed by atoms with E-state index in [4.69, 9.17) is 14.2 Å². The van der Waals surface area contributed by atoms with Crippen molar-refractivity contribution in [1.29, 1.82) is 0 Å². The number of rotatable bonds is 10. The molecule has 0 aliphatic rings. The Morgan fingerprint density at radius 1 is 1.07 bits per heavy atom. The number of benzene rings is 2. The summed E-state index contributed by atoms with van der Waals surface area (Å²) < 4.78 is 15.7. The maximum Gasteiger partial charge on any atom is 0.259 e. The number of hydrogen-bond acceptors (Lipinski definition) is 6. The Labute approximate surface area is 169 Å². The third-order valence-corrected chi connectivity index (χ3v) is 3.71. The third kappa shape index (κ3) is 6.69. The summed E-state index contributed by atoms with van der Waals surface area (Å²) in [5, 5.41) is 6.38. The van der Waals surface area contributed by atoms with Gasteiger partial charge in [-0.25, -0.2) is 5.43 Å². The molecule has 29 heavy (non-hydrogen) atoms. The third-order valence-electron chi connectivity index (χ3n) is 3.71. The summed E-state index contributed by atoms with van der Waals surface area (Å²) in [6.07, 6.45) is 3.15. The van der Waals surface area contributed by atoms with Gasteiger partial charge in [-0.1, -0.05) is 12.7 Å². The summed E-state index contributed by atoms with van der Waals surface area (Å²) in [5.41, 5.74) is 3.48. The number of hydrogen-bond donors (Lipinski definition) is 2. The molecule has 0 saturated heterocycles. The van der Waals surface area contributed by atoms with Crippen molar-refractivity contribution in [1.82, 2.24) is 10.7 Å². The van der Waals surface area contributed by atoms with Crippen LogP contribution >= 0.6 is 0 Å². The number of nitrogens with one attached hydrogen (secondary N) is 2. The molecule has 0 heterocycles. The molecule has 2 amide bonds. The van der Waals surface area contributed by atoms with Crippen molar-refractivity contribution in [2.24, 2.45) is 5.10 Å². The average molecular weight is 397 g/mol. The van der Waals surface area contributed by atoms with Crippen molar-refractivity contribution in [3.63, 3.8) is 0 Å². The second-order valence-electron chi connectivity index (χ2n) is 5.71. The van der Waals surface area contributed by atoms with E-state index in [1.54, 1.807) is 42.5 Å². The lowest BCUT2D eigenvalue weighted by atomic mass is 10.2. The van der Waals surface area contributed by atoms with Gasteiger partial charge >= 0.3 is 0 Å². The highest BCUT2D eigenvalue weighted by Gasteiger charge is 2.11. The van der Waals surface area contributed by atoms with Crippen molar-refractivity contribution >= 4 is 18.0 Å². The second-order valence-corrected chi connectivity index (χ2v) is 5.71. The van der Waals surface area contributed by atoms with Crippen LogP contribution in [-0.4, -0.2) is 45.4 Å². The summed E-state index contributed by atoms with van der Waals surface area (Å²) in [6, 6.07) is 11.9. The quantitative estimate of drug-likeness (QED) is 0.364. The number of ether oxygens (including phenoxy) is 3. The molecule has 2 aromatic rings. The maximum atomic E-state index is 12.2. The van der Waals surface area contributed by atoms with Crippen LogP contribution in [0.2, 0.25) is 0 Å². The van der Waals surface area contributed by atoms with Crippen LogP contribution in [0.15, 0.2) is 60.2 Å². The molecule has 8 nitrogen and oxygen atoms in total. The highest BCUT2D eigenvalue weighted by molar-refractivity contribution is 5.97. The first kappa shape index (κ1) is 21.5. The molecule has 2 N–H and O–H groups in total. The number of carbonyl (C=O) groups excluding carboxylic acids is 2. The lowest BCUT2D eigenvalue weighted by molar-refractivity contribution is -0.120. The zero-order chi connectivity index (χ0) is 21.1. The average Bonchev–Trinajstić information content (AvgIpc) is 2.76. The van der Waals surface area contributed by atoms with Gasteiger partial charge < -0.3 is 19.5 Å². The zero-order valence-electron chi connectivity index (χ0n) is 16.3. The molecule has 2 rings (SSSR count). The minimum atomic E-state index is -0.457. The van der Waals surface area contributed by atoms with E-state index in [-0.39, 0.29) is 6.54 Å². The van der Waals surface area contributed by atoms with Gasteiger partial charge in [0.25, 0.3) is 11.8 Å². The van der Waals surface area contributed by atoms with Gasteiger partial charge in [0.2, 0.25) is 0 Å². The van der Waals surface area contributed by atoms with Crippen LogP contribution in [0.1, 0.15) is 15.9 Å². The smallest absolute Gasteiger partial charge is 0.259 e. The van der Waals surface area contributed by atoms with E-state index < -0.39 is 11.8 Å². The van der Waals surface area contributed by atoms with Gasteiger partial charge in [-0.3, -0.25) is 9.59 Å². The fourth-order valence-corrected chi connectivity index (χ4v) is 2.26. The summed E-state index contributed by atoms with van der Waals surface area (Å²) in [6.45, 7) is 3.79. The molecule has 8 heteroatoms. The van der Waals surface area contributed by atoms with Crippen molar-refractivity contribution in [3.8, 4) is 17.2 Å². The Balaban J connectivity index is 1.81. The van der Waals surface area contributed by atoms with Crippen LogP contribution in [0.25, 0.3) is 0 Å². The van der Waals surface area contributed by atoms with Crippen LogP contribution in [0, 0.1) is 0 Å². The molecule has 0 fully saturated rings. The molecular weight excluding hydrogens is 374 g/mol. The fourth-order valence-electron chi connectivity index (χ4n) is 2.26. The summed E-state index contributed by atoms with van der Waals surface area (Å²) >= 11 is 0. The molecule has 0 bridgehead atoms. The summed E-state index contributed by atoms with van der Waals surface area (Å²) in [4.78, 5) is 24.0. The maximum absolute atomic E-state index is 12.2. The first-order chi connectivity index (χ1) is 14.1. The predicted molar refractivity (Wildman–Crippen MR) is 110 cm³/mol. The molecule has 0 aliphatic heterocycles. The number of carbonyl (C=O) groups is 2. The van der Waals surface area contributed by atoms with Gasteiger partial charge in [0.1, 0.15) is 12.4 Å². The fraction of sp³-hybridized carbons (Fsp3) is 0.190. The molecule has 0 spiro atoms. The SMILES string of the molecule is C=CCOc1ccc(/C=N\NC(=O)CNC(=O)c2ccc(OC)c(OC)c2)cc1. The van der Waals surface area contributed by atoms with Crippen molar-refractivity contribution < 1.29 is 23.8 Å². The summed E-state index contributed by atoms with van der Waals surface area (Å²) in [7, 11) is 2.99. The Morgan fingerprint density at radius 2 is 1.79 bits per heavy atom. The van der Waals surface area contributed by atoms with Crippen molar-refractivity contribution in [2.75, 3.05) is 27.4 Å². The first-order valence-corrected chi connectivity index (χ1v) is 8.73. The Morgan fingerprint density at radius 3 is 2.45 bits per heavy atom. The minimum Gasteiger partial charge on any atom is -0.493 e. The van der Waals surface area contributed by atoms with E-state index in [9.17, 15) is 9.59 Å². The topological polar surface area (TPSA) is 98.2 Å². The second kappa shape index (κ2) is 11.1. The van der Waals surface area contributed by atoms with Crippen LogP contribution < -0.4 is 25.0 Å². The number of amides is 2. The standard InChI is InChI=1S/C21H23N3O5/c1-4-11-29-17-8-5-15(6-9-17)13-23-24-20(25)14-22-21(26)16-7-10-18(27-2)19(12-16)28-3/h4-10,12-13H,1,11,14H2,2-3H3,(H,22,26)(H,24,25)/b23-13-. The first-order valence-electron chi connectivity index (χ1n) is 8.73. The van der Waals surface area contributed by atoms with E-state index in [2.05, 4.69) is 22.4 Å². The van der Waals surface area contributed by atoms with Crippen LogP contribution in [0.3, 0.4) is 0 Å². The van der Waals surface area contributed by atoms with Crippen molar-refractivity contribution in [2.45, 2.75) is 0 Å². The van der Waals surface area contributed by atoms with Gasteiger partial charge in [0.05, 0.1) is 27.0 Å². The van der Waals surface area contributed by atoms with Gasteiger partial charge in [-0.15, -0.1) is 0 Å². The molecule has 0 atom stereocenters. The van der Waals surface area contributed by atoms with Gasteiger partial charge in [0.15, 0.2) is 11.5 Å². The Hall–Kier alpha value is -3.81. The van der Waals surface area contributed by atoms with E-state index in [1.165, 1.54) is 26.5 Å². The molecular formula is C21H23N3O5. The van der Waals surface area contributed by atoms with Gasteiger partial charge in [-0.05, 0) is 48.0 Å². The number of nitrogens with zero attached hydrogens (tertiary/aromatic N) is 1. The molecule has 0 saturated carbocycles. The molecule has 0 radical (unpaired) electrons. The minimum absolute atomic E-state index is 0.223. The van der Waals surface area contributed by atoms with E-state index >= 15 is 0 Å². The summed E-state index contributed by atoms with van der Waals surface area (Å²) in [5.74, 6) is 0.775.